The van der Waals surface area contributed by atoms with E-state index in [1.807, 2.05) is 36.8 Å². The zero-order valence-corrected chi connectivity index (χ0v) is 22.4. The third-order valence-corrected chi connectivity index (χ3v) is 6.99. The molecule has 1 heterocycles. The van der Waals surface area contributed by atoms with Gasteiger partial charge in [0.25, 0.3) is 5.91 Å². The summed E-state index contributed by atoms with van der Waals surface area (Å²) in [6.07, 6.45) is 4.33. The minimum Gasteiger partial charge on any atom is -0.494 e. The Morgan fingerprint density at radius 1 is 1.08 bits per heavy atom. The number of hydrogen-bond acceptors (Lipinski definition) is 7. The van der Waals surface area contributed by atoms with Gasteiger partial charge in [0.2, 0.25) is 10.0 Å². The van der Waals surface area contributed by atoms with E-state index in [0.29, 0.717) is 32.1 Å². The van der Waals surface area contributed by atoms with Gasteiger partial charge in [-0.1, -0.05) is 6.07 Å². The second-order valence-corrected chi connectivity index (χ2v) is 11.3. The van der Waals surface area contributed by atoms with Crippen molar-refractivity contribution in [1.82, 2.24) is 9.62 Å². The molecule has 4 rings (SSSR count). The molecule has 0 spiro atoms. The second kappa shape index (κ2) is 11.7. The van der Waals surface area contributed by atoms with Crippen LogP contribution < -0.4 is 18.9 Å². The molecule has 1 unspecified atom stereocenters. The predicted octanol–water partition coefficient (Wildman–Crippen LogP) is 4.23. The van der Waals surface area contributed by atoms with Crippen LogP contribution in [0.1, 0.15) is 66.9 Å². The fourth-order valence-corrected chi connectivity index (χ4v) is 5.12. The fourth-order valence-electron chi connectivity index (χ4n) is 4.67. The Morgan fingerprint density at radius 2 is 1.84 bits per heavy atom. The summed E-state index contributed by atoms with van der Waals surface area (Å²) in [4.78, 5) is 14.6. The summed E-state index contributed by atoms with van der Waals surface area (Å²) in [5, 5.41) is 0. The third-order valence-electron chi connectivity index (χ3n) is 6.44. The lowest BCUT2D eigenvalue weighted by molar-refractivity contribution is 0.0826. The van der Waals surface area contributed by atoms with Gasteiger partial charge in [0.05, 0.1) is 25.0 Å². The highest BCUT2D eigenvalue weighted by Gasteiger charge is 2.31. The van der Waals surface area contributed by atoms with E-state index in [-0.39, 0.29) is 17.6 Å². The first kappa shape index (κ1) is 27.2. The highest BCUT2D eigenvalue weighted by Crippen LogP contribution is 2.45. The monoisotopic (exact) mass is 534 g/mol. The maximum Gasteiger partial charge on any atom is 0.267 e. The number of likely N-dealkylation sites (tertiary alicyclic amines) is 1. The molecule has 1 atom stereocenters. The molecule has 2 aromatic rings. The number of carbonyl (C=O) groups excluding carboxylic acids is 1. The van der Waals surface area contributed by atoms with Crippen LogP contribution in [0.4, 0.5) is 4.39 Å². The van der Waals surface area contributed by atoms with Crippen molar-refractivity contribution in [2.75, 3.05) is 32.6 Å². The van der Waals surface area contributed by atoms with Crippen molar-refractivity contribution >= 4 is 15.9 Å². The van der Waals surface area contributed by atoms with Crippen molar-refractivity contribution in [1.29, 1.82) is 0 Å². The average Bonchev–Trinajstić information content (AvgIpc) is 3.66. The Kier molecular flexibility index (Phi) is 8.59. The number of ether oxygens (including phenoxy) is 3. The van der Waals surface area contributed by atoms with Crippen LogP contribution in [0.25, 0.3) is 0 Å². The Labute approximate surface area is 218 Å². The van der Waals surface area contributed by atoms with E-state index < -0.39 is 21.7 Å². The van der Waals surface area contributed by atoms with Crippen LogP contribution in [0.3, 0.4) is 0 Å². The van der Waals surface area contributed by atoms with Gasteiger partial charge in [-0.15, -0.1) is 0 Å². The summed E-state index contributed by atoms with van der Waals surface area (Å²) in [5.74, 6) is 0.411. The van der Waals surface area contributed by atoms with Gasteiger partial charge >= 0.3 is 0 Å². The molecule has 1 aliphatic carbocycles. The lowest BCUT2D eigenvalue weighted by atomic mass is 10.0. The van der Waals surface area contributed by atoms with Crippen LogP contribution >= 0.6 is 0 Å². The summed E-state index contributed by atoms with van der Waals surface area (Å²) < 4.78 is 57.4. The number of halogens is 1. The van der Waals surface area contributed by atoms with Crippen LogP contribution in [-0.4, -0.2) is 57.9 Å². The topological polar surface area (TPSA) is 94.2 Å². The molecule has 0 radical (unpaired) electrons. The summed E-state index contributed by atoms with van der Waals surface area (Å²) >= 11 is 0. The molecule has 1 saturated heterocycles. The van der Waals surface area contributed by atoms with Crippen LogP contribution in [0.15, 0.2) is 30.3 Å². The van der Waals surface area contributed by atoms with Crippen molar-refractivity contribution < 1.29 is 31.8 Å². The fraction of sp³-hybridized carbons (Fsp3) is 0.519. The van der Waals surface area contributed by atoms with E-state index in [0.717, 1.165) is 61.1 Å². The molecule has 202 valence electrons. The maximum absolute atomic E-state index is 14.9. The van der Waals surface area contributed by atoms with Crippen LogP contribution in [0, 0.1) is 5.82 Å². The zero-order valence-electron chi connectivity index (χ0n) is 21.6. The van der Waals surface area contributed by atoms with Crippen LogP contribution in [0.2, 0.25) is 0 Å². The summed E-state index contributed by atoms with van der Waals surface area (Å²) in [7, 11) is -3.80. The third kappa shape index (κ3) is 7.35. The van der Waals surface area contributed by atoms with E-state index in [1.54, 1.807) is 0 Å². The quantitative estimate of drug-likeness (QED) is 0.461. The number of amides is 1. The molecular formula is C27H35FN2O6S. The first-order chi connectivity index (χ1) is 17.7. The van der Waals surface area contributed by atoms with Crippen molar-refractivity contribution in [2.45, 2.75) is 58.1 Å². The average molecular weight is 535 g/mol. The van der Waals surface area contributed by atoms with Gasteiger partial charge in [0, 0.05) is 30.8 Å². The maximum atomic E-state index is 14.9. The number of nitrogens with one attached hydrogen (secondary N) is 1. The molecule has 2 fully saturated rings. The number of piperidine rings is 1. The first-order valence-electron chi connectivity index (χ1n) is 12.8. The molecule has 2 aliphatic rings. The normalized spacial score (nSPS) is 18.3. The van der Waals surface area contributed by atoms with E-state index in [4.69, 9.17) is 14.2 Å². The number of benzene rings is 2. The summed E-state index contributed by atoms with van der Waals surface area (Å²) in [5.41, 5.74) is 1.53. The van der Waals surface area contributed by atoms with Crippen molar-refractivity contribution in [3.8, 4) is 17.2 Å². The van der Waals surface area contributed by atoms with Gasteiger partial charge in [-0.2, -0.15) is 0 Å². The summed E-state index contributed by atoms with van der Waals surface area (Å²) in [6, 6.07) is 8.57. The van der Waals surface area contributed by atoms with Gasteiger partial charge in [-0.05, 0) is 69.7 Å². The minimum atomic E-state index is -3.80. The summed E-state index contributed by atoms with van der Waals surface area (Å²) in [6.45, 7) is 7.31. The number of rotatable bonds is 11. The van der Waals surface area contributed by atoms with Gasteiger partial charge < -0.3 is 14.2 Å². The molecule has 2 aromatic carbocycles. The lowest BCUT2D eigenvalue weighted by Crippen LogP contribution is -2.40. The Bertz CT molecular complexity index is 1230. The highest BCUT2D eigenvalue weighted by molar-refractivity contribution is 7.89. The number of sulfonamides is 1. The Hall–Kier alpha value is -2.85. The second-order valence-electron chi connectivity index (χ2n) is 9.60. The number of carbonyl (C=O) groups is 1. The predicted molar refractivity (Wildman–Crippen MR) is 138 cm³/mol. The molecule has 8 nitrogen and oxygen atoms in total. The van der Waals surface area contributed by atoms with Crippen molar-refractivity contribution in [3.05, 3.63) is 52.8 Å². The smallest absolute Gasteiger partial charge is 0.267 e. The Morgan fingerprint density at radius 3 is 2.51 bits per heavy atom. The molecule has 10 heteroatoms. The minimum absolute atomic E-state index is 0.139. The van der Waals surface area contributed by atoms with Gasteiger partial charge in [-0.3, -0.25) is 9.69 Å². The van der Waals surface area contributed by atoms with E-state index in [2.05, 4.69) is 4.90 Å². The number of hydrogen-bond donors (Lipinski definition) is 1. The lowest BCUT2D eigenvalue weighted by Gasteiger charge is -2.33. The molecule has 0 aromatic heterocycles. The van der Waals surface area contributed by atoms with Crippen LogP contribution in [0.5, 0.6) is 17.2 Å². The van der Waals surface area contributed by atoms with E-state index in [9.17, 15) is 17.6 Å². The van der Waals surface area contributed by atoms with E-state index >= 15 is 0 Å². The molecule has 1 amide bonds. The van der Waals surface area contributed by atoms with Crippen molar-refractivity contribution in [2.24, 2.45) is 0 Å². The van der Waals surface area contributed by atoms with Crippen molar-refractivity contribution in [3.63, 3.8) is 0 Å². The highest BCUT2D eigenvalue weighted by atomic mass is 32.2. The number of nitrogens with zero attached hydrogens (tertiary/aromatic N) is 1. The van der Waals surface area contributed by atoms with Crippen LogP contribution in [-0.2, 0) is 16.6 Å². The molecule has 1 saturated carbocycles. The molecule has 0 bridgehead atoms. The largest absolute Gasteiger partial charge is 0.494 e. The van der Waals surface area contributed by atoms with E-state index in [1.165, 1.54) is 12.1 Å². The van der Waals surface area contributed by atoms with Gasteiger partial charge in [-0.25, -0.2) is 17.5 Å². The van der Waals surface area contributed by atoms with Gasteiger partial charge in [0.15, 0.2) is 0 Å². The molecule has 1 aliphatic heterocycles. The zero-order chi connectivity index (χ0) is 26.6. The molecule has 37 heavy (non-hydrogen) atoms. The molecular weight excluding hydrogens is 499 g/mol. The molecule has 1 N–H and O–H groups in total. The van der Waals surface area contributed by atoms with Gasteiger partial charge in [0.1, 0.15) is 29.2 Å². The Balaban J connectivity index is 1.48. The SMILES string of the molecule is CCOc1ccc(CN2CCCC(Oc3cc(F)c(C(=O)NS(C)(=O)=O)cc3C3CC3)C2)c(OCC)c1. The first-order valence-corrected chi connectivity index (χ1v) is 14.7. The standard InChI is InChI=1S/C27H35FN2O6S/c1-4-34-20-11-10-19(25(13-20)35-5-2)16-30-12-6-7-21(17-30)36-26-15-24(28)23(14-22(26)18-8-9-18)27(31)29-37(3,32)33/h10-11,13-15,18,21H,4-9,12,16-17H2,1-3H3,(H,29,31).